The van der Waals surface area contributed by atoms with Crippen molar-refractivity contribution < 1.29 is 18.1 Å². The SMILES string of the molecule is CCOP(=O)(OCC)OC(Nc1ccccc1)c1ccccc1. The molecule has 0 aliphatic heterocycles. The topological polar surface area (TPSA) is 56.8 Å². The lowest BCUT2D eigenvalue weighted by molar-refractivity contribution is 0.0941. The largest absolute Gasteiger partial charge is 0.476 e. The molecule has 0 heterocycles. The second kappa shape index (κ2) is 8.85. The Morgan fingerprint density at radius 3 is 1.96 bits per heavy atom. The summed E-state index contributed by atoms with van der Waals surface area (Å²) < 4.78 is 28.9. The van der Waals surface area contributed by atoms with E-state index in [2.05, 4.69) is 5.32 Å². The minimum atomic E-state index is -3.64. The maximum atomic E-state index is 12.7. The molecule has 0 radical (unpaired) electrons. The molecule has 6 heteroatoms. The van der Waals surface area contributed by atoms with Gasteiger partial charge in [-0.3, -0.25) is 13.6 Å². The van der Waals surface area contributed by atoms with Crippen molar-refractivity contribution in [3.63, 3.8) is 0 Å². The van der Waals surface area contributed by atoms with E-state index in [1.807, 2.05) is 60.7 Å². The second-order valence-corrected chi connectivity index (χ2v) is 6.31. The Hall–Kier alpha value is -1.65. The summed E-state index contributed by atoms with van der Waals surface area (Å²) in [6.07, 6.45) is -0.650. The van der Waals surface area contributed by atoms with Gasteiger partial charge >= 0.3 is 7.82 Å². The molecule has 0 aromatic heterocycles. The molecule has 0 aliphatic carbocycles. The zero-order valence-electron chi connectivity index (χ0n) is 13.3. The number of nitrogens with one attached hydrogen (secondary N) is 1. The van der Waals surface area contributed by atoms with Gasteiger partial charge in [0, 0.05) is 11.3 Å². The van der Waals surface area contributed by atoms with E-state index in [0.717, 1.165) is 11.3 Å². The van der Waals surface area contributed by atoms with Crippen LogP contribution in [0.1, 0.15) is 25.6 Å². The van der Waals surface area contributed by atoms with Crippen LogP contribution in [0.4, 0.5) is 5.69 Å². The molecule has 0 saturated heterocycles. The lowest BCUT2D eigenvalue weighted by Crippen LogP contribution is -2.15. The molecule has 2 aromatic rings. The molecule has 0 amide bonds. The minimum Gasteiger partial charge on any atom is -0.356 e. The Morgan fingerprint density at radius 2 is 1.43 bits per heavy atom. The number of rotatable bonds is 9. The van der Waals surface area contributed by atoms with Crippen LogP contribution >= 0.6 is 7.82 Å². The predicted molar refractivity (Wildman–Crippen MR) is 91.2 cm³/mol. The summed E-state index contributed by atoms with van der Waals surface area (Å²) in [7, 11) is -3.64. The van der Waals surface area contributed by atoms with Crippen LogP contribution in [0.3, 0.4) is 0 Å². The Bertz CT molecular complexity index is 611. The molecule has 5 nitrogen and oxygen atoms in total. The van der Waals surface area contributed by atoms with Crippen LogP contribution in [0.15, 0.2) is 60.7 Å². The summed E-state index contributed by atoms with van der Waals surface area (Å²) in [5.74, 6) is 0. The molecular weight excluding hydrogens is 313 g/mol. The van der Waals surface area contributed by atoms with E-state index >= 15 is 0 Å². The van der Waals surface area contributed by atoms with Crippen molar-refractivity contribution in [1.82, 2.24) is 0 Å². The third kappa shape index (κ3) is 5.48. The maximum absolute atomic E-state index is 12.7. The van der Waals surface area contributed by atoms with E-state index < -0.39 is 14.1 Å². The number of hydrogen-bond acceptors (Lipinski definition) is 5. The zero-order valence-corrected chi connectivity index (χ0v) is 14.2. The van der Waals surface area contributed by atoms with Gasteiger partial charge in [0.05, 0.1) is 13.2 Å². The second-order valence-electron chi connectivity index (χ2n) is 4.69. The van der Waals surface area contributed by atoms with E-state index in [4.69, 9.17) is 13.6 Å². The van der Waals surface area contributed by atoms with Gasteiger partial charge in [-0.25, -0.2) is 4.57 Å². The minimum absolute atomic E-state index is 0.240. The number of hydrogen-bond donors (Lipinski definition) is 1. The fourth-order valence-corrected chi connectivity index (χ4v) is 3.29. The number of phosphoric ester groups is 1. The van der Waals surface area contributed by atoms with E-state index in [9.17, 15) is 4.57 Å². The lowest BCUT2D eigenvalue weighted by atomic mass is 10.2. The van der Waals surface area contributed by atoms with E-state index in [0.29, 0.717) is 0 Å². The van der Waals surface area contributed by atoms with Gasteiger partial charge < -0.3 is 5.32 Å². The fraction of sp³-hybridized carbons (Fsp3) is 0.294. The van der Waals surface area contributed by atoms with Gasteiger partial charge in [0.15, 0.2) is 6.23 Å². The average Bonchev–Trinajstić information content (AvgIpc) is 2.56. The first-order valence-electron chi connectivity index (χ1n) is 7.61. The Labute approximate surface area is 137 Å². The van der Waals surface area contributed by atoms with Crippen molar-refractivity contribution in [1.29, 1.82) is 0 Å². The van der Waals surface area contributed by atoms with Crippen LogP contribution in [0, 0.1) is 0 Å². The highest BCUT2D eigenvalue weighted by atomic mass is 31.2. The summed E-state index contributed by atoms with van der Waals surface area (Å²) in [5, 5.41) is 3.21. The first-order chi connectivity index (χ1) is 11.2. The van der Waals surface area contributed by atoms with Crippen LogP contribution in [0.5, 0.6) is 0 Å². The lowest BCUT2D eigenvalue weighted by Gasteiger charge is -2.25. The van der Waals surface area contributed by atoms with Crippen molar-refractivity contribution in [3.05, 3.63) is 66.2 Å². The quantitative estimate of drug-likeness (QED) is 0.516. The maximum Gasteiger partial charge on any atom is 0.476 e. The first-order valence-corrected chi connectivity index (χ1v) is 9.07. The van der Waals surface area contributed by atoms with Crippen LogP contribution in [0.2, 0.25) is 0 Å². The Kier molecular flexibility index (Phi) is 6.81. The molecule has 0 saturated carbocycles. The number of benzene rings is 2. The zero-order chi connectivity index (χ0) is 16.5. The highest BCUT2D eigenvalue weighted by Crippen LogP contribution is 2.52. The number of anilines is 1. The van der Waals surface area contributed by atoms with Crippen molar-refractivity contribution in [3.8, 4) is 0 Å². The predicted octanol–water partition coefficient (Wildman–Crippen LogP) is 5.00. The summed E-state index contributed by atoms with van der Waals surface area (Å²) in [4.78, 5) is 0. The molecule has 2 aromatic carbocycles. The molecule has 0 fully saturated rings. The van der Waals surface area contributed by atoms with Crippen molar-refractivity contribution in [2.45, 2.75) is 20.1 Å². The van der Waals surface area contributed by atoms with Gasteiger partial charge in [-0.15, -0.1) is 0 Å². The molecule has 0 aliphatic rings. The molecule has 2 rings (SSSR count). The molecule has 124 valence electrons. The third-order valence-corrected chi connectivity index (χ3v) is 4.60. The number of para-hydroxylation sites is 1. The van der Waals surface area contributed by atoms with E-state index in [1.54, 1.807) is 13.8 Å². The highest BCUT2D eigenvalue weighted by molar-refractivity contribution is 7.48. The average molecular weight is 335 g/mol. The third-order valence-electron chi connectivity index (χ3n) is 2.98. The van der Waals surface area contributed by atoms with Crippen molar-refractivity contribution >= 4 is 13.5 Å². The molecular formula is C17H22NO4P. The van der Waals surface area contributed by atoms with Crippen molar-refractivity contribution in [2.75, 3.05) is 18.5 Å². The van der Waals surface area contributed by atoms with Crippen molar-refractivity contribution in [2.24, 2.45) is 0 Å². The first kappa shape index (κ1) is 17.7. The monoisotopic (exact) mass is 335 g/mol. The van der Waals surface area contributed by atoms with E-state index in [1.165, 1.54) is 0 Å². The molecule has 1 N–H and O–H groups in total. The molecule has 1 unspecified atom stereocenters. The van der Waals surface area contributed by atoms with Gasteiger partial charge in [0.25, 0.3) is 0 Å². The summed E-state index contributed by atoms with van der Waals surface area (Å²) in [6.45, 7) is 3.97. The Morgan fingerprint density at radius 1 is 0.913 bits per heavy atom. The van der Waals surface area contributed by atoms with Gasteiger partial charge in [0.2, 0.25) is 0 Å². The molecule has 0 spiro atoms. The van der Waals surface area contributed by atoms with Crippen LogP contribution in [-0.2, 0) is 18.1 Å². The van der Waals surface area contributed by atoms with Gasteiger partial charge in [-0.1, -0.05) is 48.5 Å². The molecule has 1 atom stereocenters. The summed E-state index contributed by atoms with van der Waals surface area (Å²) in [6, 6.07) is 19.0. The summed E-state index contributed by atoms with van der Waals surface area (Å²) in [5.41, 5.74) is 1.68. The normalized spacial score (nSPS) is 12.8. The fourth-order valence-electron chi connectivity index (χ4n) is 2.03. The van der Waals surface area contributed by atoms with Gasteiger partial charge in [-0.05, 0) is 26.0 Å². The van der Waals surface area contributed by atoms with Gasteiger partial charge in [-0.2, -0.15) is 0 Å². The van der Waals surface area contributed by atoms with Crippen LogP contribution in [0.25, 0.3) is 0 Å². The standard InChI is InChI=1S/C17H22NO4P/c1-3-20-23(19,21-4-2)22-17(15-11-7-5-8-12-15)18-16-13-9-6-10-14-16/h5-14,17-18H,3-4H2,1-2H3. The van der Waals surface area contributed by atoms with Crippen LogP contribution < -0.4 is 5.32 Å². The highest BCUT2D eigenvalue weighted by Gasteiger charge is 2.30. The molecule has 0 bridgehead atoms. The van der Waals surface area contributed by atoms with Crippen LogP contribution in [-0.4, -0.2) is 13.2 Å². The number of phosphoric acid groups is 1. The smallest absolute Gasteiger partial charge is 0.356 e. The Balaban J connectivity index is 2.24. The van der Waals surface area contributed by atoms with E-state index in [-0.39, 0.29) is 13.2 Å². The van der Waals surface area contributed by atoms with Gasteiger partial charge in [0.1, 0.15) is 0 Å². The molecule has 23 heavy (non-hydrogen) atoms. The summed E-state index contributed by atoms with van der Waals surface area (Å²) >= 11 is 0.